The molecule has 1 aromatic carbocycles. The Hall–Kier alpha value is -1.51. The van der Waals surface area contributed by atoms with Crippen LogP contribution in [0.4, 0.5) is 5.69 Å². The number of nitrogens with one attached hydrogen (secondary N) is 1. The molecule has 0 saturated heterocycles. The van der Waals surface area contributed by atoms with Gasteiger partial charge in [-0.05, 0) is 44.0 Å². The molecule has 0 heterocycles. The van der Waals surface area contributed by atoms with Gasteiger partial charge < -0.3 is 10.1 Å². The highest BCUT2D eigenvalue weighted by atomic mass is 16.5. The van der Waals surface area contributed by atoms with Crippen LogP contribution in [-0.4, -0.2) is 19.1 Å². The molecular formula is C15H23NO2. The minimum atomic E-state index is -0.288. The van der Waals surface area contributed by atoms with Crippen LogP contribution in [-0.2, 0) is 4.74 Å². The predicted molar refractivity (Wildman–Crippen MR) is 75.1 cm³/mol. The average molecular weight is 249 g/mol. The van der Waals surface area contributed by atoms with Gasteiger partial charge in [-0.3, -0.25) is 0 Å². The summed E-state index contributed by atoms with van der Waals surface area (Å²) in [6, 6.07) is 6.06. The number of carbonyl (C=O) groups is 1. The number of benzene rings is 1. The first kappa shape index (κ1) is 14.6. The van der Waals surface area contributed by atoms with E-state index < -0.39 is 0 Å². The normalized spacial score (nSPS) is 12.0. The topological polar surface area (TPSA) is 38.3 Å². The molecule has 0 saturated carbocycles. The number of rotatable bonds is 6. The second-order valence-electron chi connectivity index (χ2n) is 4.71. The number of hydrogen-bond acceptors (Lipinski definition) is 3. The Morgan fingerprint density at radius 2 is 2.17 bits per heavy atom. The van der Waals surface area contributed by atoms with Crippen molar-refractivity contribution in [1.82, 2.24) is 0 Å². The molecule has 0 spiro atoms. The van der Waals surface area contributed by atoms with E-state index in [1.807, 2.05) is 19.1 Å². The third-order valence-electron chi connectivity index (χ3n) is 3.04. The lowest BCUT2D eigenvalue weighted by Gasteiger charge is -2.17. The third-order valence-corrected chi connectivity index (χ3v) is 3.04. The second kappa shape index (κ2) is 7.04. The minimum Gasteiger partial charge on any atom is -0.465 e. The van der Waals surface area contributed by atoms with E-state index in [1.165, 1.54) is 20.0 Å². The van der Waals surface area contributed by atoms with E-state index in [0.717, 1.165) is 17.7 Å². The van der Waals surface area contributed by atoms with Crippen LogP contribution in [0.3, 0.4) is 0 Å². The monoisotopic (exact) mass is 249 g/mol. The predicted octanol–water partition coefficient (Wildman–Crippen LogP) is 3.77. The van der Waals surface area contributed by atoms with Crippen LogP contribution in [0.2, 0.25) is 0 Å². The molecule has 1 rings (SSSR count). The molecule has 0 bridgehead atoms. The van der Waals surface area contributed by atoms with Gasteiger partial charge in [-0.25, -0.2) is 4.79 Å². The fourth-order valence-corrected chi connectivity index (χ4v) is 1.92. The summed E-state index contributed by atoms with van der Waals surface area (Å²) in [5.74, 6) is -0.288. The highest BCUT2D eigenvalue weighted by Gasteiger charge is 2.09. The number of aryl methyl sites for hydroxylation is 1. The molecule has 1 unspecified atom stereocenters. The molecule has 0 aliphatic rings. The van der Waals surface area contributed by atoms with Gasteiger partial charge in [-0.2, -0.15) is 0 Å². The zero-order chi connectivity index (χ0) is 13.5. The van der Waals surface area contributed by atoms with Gasteiger partial charge in [0, 0.05) is 11.7 Å². The summed E-state index contributed by atoms with van der Waals surface area (Å²) in [6.45, 7) is 6.38. The fourth-order valence-electron chi connectivity index (χ4n) is 1.92. The standard InChI is InChI=1S/C15H23NO2/c1-5-6-7-12(3)16-14-9-8-13(10-11(14)2)15(17)18-4/h8-10,12,16H,5-7H2,1-4H3. The van der Waals surface area contributed by atoms with Crippen molar-refractivity contribution >= 4 is 11.7 Å². The number of carbonyl (C=O) groups excluding carboxylic acids is 1. The zero-order valence-electron chi connectivity index (χ0n) is 11.7. The van der Waals surface area contributed by atoms with Gasteiger partial charge in [-0.1, -0.05) is 19.8 Å². The SMILES string of the molecule is CCCCC(C)Nc1ccc(C(=O)OC)cc1C. The molecule has 3 nitrogen and oxygen atoms in total. The van der Waals surface area contributed by atoms with E-state index in [-0.39, 0.29) is 5.97 Å². The third kappa shape index (κ3) is 4.06. The summed E-state index contributed by atoms with van der Waals surface area (Å²) in [5.41, 5.74) is 2.76. The van der Waals surface area contributed by atoms with Gasteiger partial charge >= 0.3 is 5.97 Å². The maximum atomic E-state index is 11.4. The first-order valence-electron chi connectivity index (χ1n) is 6.54. The van der Waals surface area contributed by atoms with E-state index in [9.17, 15) is 4.79 Å². The summed E-state index contributed by atoms with van der Waals surface area (Å²) < 4.78 is 4.71. The molecular weight excluding hydrogens is 226 g/mol. The van der Waals surface area contributed by atoms with Crippen molar-refractivity contribution in [2.75, 3.05) is 12.4 Å². The Labute approximate surface area is 110 Å². The highest BCUT2D eigenvalue weighted by Crippen LogP contribution is 2.19. The Morgan fingerprint density at radius 3 is 2.72 bits per heavy atom. The maximum absolute atomic E-state index is 11.4. The van der Waals surface area contributed by atoms with Crippen LogP contribution >= 0.6 is 0 Å². The number of methoxy groups -OCH3 is 1. The van der Waals surface area contributed by atoms with Gasteiger partial charge in [-0.15, -0.1) is 0 Å². The van der Waals surface area contributed by atoms with Crippen molar-refractivity contribution in [2.45, 2.75) is 46.1 Å². The highest BCUT2D eigenvalue weighted by molar-refractivity contribution is 5.90. The summed E-state index contributed by atoms with van der Waals surface area (Å²) in [5, 5.41) is 3.48. The fraction of sp³-hybridized carbons (Fsp3) is 0.533. The molecule has 0 amide bonds. The lowest BCUT2D eigenvalue weighted by Crippen LogP contribution is -2.15. The van der Waals surface area contributed by atoms with Crippen molar-refractivity contribution in [3.05, 3.63) is 29.3 Å². The van der Waals surface area contributed by atoms with E-state index >= 15 is 0 Å². The molecule has 1 N–H and O–H groups in total. The summed E-state index contributed by atoms with van der Waals surface area (Å²) >= 11 is 0. The summed E-state index contributed by atoms with van der Waals surface area (Å²) in [4.78, 5) is 11.4. The summed E-state index contributed by atoms with van der Waals surface area (Å²) in [6.07, 6.45) is 3.61. The Bertz CT molecular complexity index is 401. The minimum absolute atomic E-state index is 0.288. The molecule has 1 atom stereocenters. The van der Waals surface area contributed by atoms with E-state index in [4.69, 9.17) is 4.74 Å². The first-order chi connectivity index (χ1) is 8.58. The Morgan fingerprint density at radius 1 is 1.44 bits per heavy atom. The largest absolute Gasteiger partial charge is 0.465 e. The van der Waals surface area contributed by atoms with Crippen LogP contribution < -0.4 is 5.32 Å². The Balaban J connectivity index is 2.70. The molecule has 0 aromatic heterocycles. The first-order valence-corrected chi connectivity index (χ1v) is 6.54. The lowest BCUT2D eigenvalue weighted by molar-refractivity contribution is 0.0600. The smallest absolute Gasteiger partial charge is 0.337 e. The molecule has 0 aliphatic carbocycles. The van der Waals surface area contributed by atoms with Crippen molar-refractivity contribution in [1.29, 1.82) is 0 Å². The van der Waals surface area contributed by atoms with E-state index in [0.29, 0.717) is 11.6 Å². The molecule has 18 heavy (non-hydrogen) atoms. The van der Waals surface area contributed by atoms with Crippen molar-refractivity contribution < 1.29 is 9.53 Å². The number of anilines is 1. The number of esters is 1. The van der Waals surface area contributed by atoms with Gasteiger partial charge in [0.1, 0.15) is 0 Å². The molecule has 0 radical (unpaired) electrons. The van der Waals surface area contributed by atoms with Crippen LogP contribution in [0.1, 0.15) is 49.0 Å². The van der Waals surface area contributed by atoms with Gasteiger partial charge in [0.05, 0.1) is 12.7 Å². The van der Waals surface area contributed by atoms with Gasteiger partial charge in [0.15, 0.2) is 0 Å². The van der Waals surface area contributed by atoms with Gasteiger partial charge in [0.25, 0.3) is 0 Å². The summed E-state index contributed by atoms with van der Waals surface area (Å²) in [7, 11) is 1.40. The number of unbranched alkanes of at least 4 members (excludes halogenated alkanes) is 1. The second-order valence-corrected chi connectivity index (χ2v) is 4.71. The molecule has 0 aliphatic heterocycles. The average Bonchev–Trinajstić information content (AvgIpc) is 2.37. The van der Waals surface area contributed by atoms with Crippen LogP contribution in [0, 0.1) is 6.92 Å². The van der Waals surface area contributed by atoms with Crippen molar-refractivity contribution in [3.8, 4) is 0 Å². The number of ether oxygens (including phenoxy) is 1. The molecule has 0 fully saturated rings. The lowest BCUT2D eigenvalue weighted by atomic mass is 10.1. The number of hydrogen-bond donors (Lipinski definition) is 1. The van der Waals surface area contributed by atoms with E-state index in [2.05, 4.69) is 19.2 Å². The van der Waals surface area contributed by atoms with Gasteiger partial charge in [0.2, 0.25) is 0 Å². The zero-order valence-corrected chi connectivity index (χ0v) is 11.7. The maximum Gasteiger partial charge on any atom is 0.337 e. The van der Waals surface area contributed by atoms with Crippen molar-refractivity contribution in [3.63, 3.8) is 0 Å². The van der Waals surface area contributed by atoms with Crippen LogP contribution in [0.25, 0.3) is 0 Å². The Kier molecular flexibility index (Phi) is 5.69. The van der Waals surface area contributed by atoms with Crippen LogP contribution in [0.15, 0.2) is 18.2 Å². The van der Waals surface area contributed by atoms with Crippen LogP contribution in [0.5, 0.6) is 0 Å². The van der Waals surface area contributed by atoms with Crippen molar-refractivity contribution in [2.24, 2.45) is 0 Å². The molecule has 3 heteroatoms. The molecule has 1 aromatic rings. The molecule has 100 valence electrons. The quantitative estimate of drug-likeness (QED) is 0.780. The van der Waals surface area contributed by atoms with E-state index in [1.54, 1.807) is 6.07 Å².